The number of hydrogen-bond acceptors (Lipinski definition) is 3. The van der Waals surface area contributed by atoms with Gasteiger partial charge in [0.1, 0.15) is 6.23 Å². The third-order valence-corrected chi connectivity index (χ3v) is 1.16. The molecule has 3 N–H and O–H groups in total. The van der Waals surface area contributed by atoms with Gasteiger partial charge in [-0.1, -0.05) is 0 Å². The van der Waals surface area contributed by atoms with E-state index in [1.807, 2.05) is 0 Å². The van der Waals surface area contributed by atoms with Crippen molar-refractivity contribution in [3.8, 4) is 0 Å². The van der Waals surface area contributed by atoms with Gasteiger partial charge >= 0.3 is 0 Å². The molecule has 0 amide bonds. The molecule has 1 aliphatic heterocycles. The highest BCUT2D eigenvalue weighted by molar-refractivity contribution is 4.73. The van der Waals surface area contributed by atoms with Crippen molar-refractivity contribution in [2.75, 3.05) is 6.54 Å². The predicted molar refractivity (Wildman–Crippen MR) is 24.6 cm³/mol. The molecule has 0 bridgehead atoms. The van der Waals surface area contributed by atoms with E-state index in [9.17, 15) is 0 Å². The van der Waals surface area contributed by atoms with Crippen LogP contribution in [0.15, 0.2) is 0 Å². The van der Waals surface area contributed by atoms with Crippen LogP contribution in [0.25, 0.3) is 0 Å². The van der Waals surface area contributed by atoms with Gasteiger partial charge in [0.15, 0.2) is 0 Å². The molecule has 1 rings (SSSR count). The van der Waals surface area contributed by atoms with Crippen molar-refractivity contribution in [2.45, 2.75) is 18.8 Å². The summed E-state index contributed by atoms with van der Waals surface area (Å²) < 4.78 is 0. The molecular weight excluding hydrogens is 94.0 g/mol. The summed E-state index contributed by atoms with van der Waals surface area (Å²) in [6.07, 6.45) is -0.554. The SMILES string of the molecule is OC1CCNC1O. The summed E-state index contributed by atoms with van der Waals surface area (Å²) >= 11 is 0. The molecule has 0 aliphatic carbocycles. The standard InChI is InChI=1S/C4H9NO2/c6-3-1-2-5-4(3)7/h3-7H,1-2H2. The van der Waals surface area contributed by atoms with Gasteiger partial charge in [0.05, 0.1) is 6.10 Å². The molecule has 0 aromatic rings. The monoisotopic (exact) mass is 103 g/mol. The third kappa shape index (κ3) is 0.907. The lowest BCUT2D eigenvalue weighted by Gasteiger charge is -2.03. The van der Waals surface area contributed by atoms with E-state index in [0.29, 0.717) is 6.42 Å². The van der Waals surface area contributed by atoms with E-state index in [4.69, 9.17) is 10.2 Å². The molecule has 2 atom stereocenters. The highest BCUT2D eigenvalue weighted by Gasteiger charge is 2.20. The van der Waals surface area contributed by atoms with Gasteiger partial charge in [-0.2, -0.15) is 0 Å². The summed E-state index contributed by atoms with van der Waals surface area (Å²) in [5.41, 5.74) is 0. The Balaban J connectivity index is 2.33. The van der Waals surface area contributed by atoms with Crippen LogP contribution in [0.2, 0.25) is 0 Å². The Kier molecular flexibility index (Phi) is 1.27. The van der Waals surface area contributed by atoms with Crippen LogP contribution < -0.4 is 5.32 Å². The minimum absolute atomic E-state index is 0.542. The van der Waals surface area contributed by atoms with Crippen LogP contribution in [-0.4, -0.2) is 29.1 Å². The summed E-state index contributed by atoms with van der Waals surface area (Å²) in [4.78, 5) is 0. The smallest absolute Gasteiger partial charge is 0.131 e. The average molecular weight is 103 g/mol. The minimum atomic E-state index is -0.681. The van der Waals surface area contributed by atoms with Gasteiger partial charge in [0, 0.05) is 6.54 Å². The molecule has 1 saturated heterocycles. The van der Waals surface area contributed by atoms with Crippen molar-refractivity contribution in [3.63, 3.8) is 0 Å². The van der Waals surface area contributed by atoms with Crippen LogP contribution >= 0.6 is 0 Å². The van der Waals surface area contributed by atoms with Crippen molar-refractivity contribution in [3.05, 3.63) is 0 Å². The van der Waals surface area contributed by atoms with Gasteiger partial charge in [0.2, 0.25) is 0 Å². The highest BCUT2D eigenvalue weighted by atomic mass is 16.3. The second-order valence-corrected chi connectivity index (χ2v) is 1.75. The van der Waals surface area contributed by atoms with E-state index in [0.717, 1.165) is 6.54 Å². The molecule has 0 radical (unpaired) electrons. The molecule has 3 nitrogen and oxygen atoms in total. The largest absolute Gasteiger partial charge is 0.389 e. The van der Waals surface area contributed by atoms with Crippen molar-refractivity contribution in [1.29, 1.82) is 0 Å². The first-order chi connectivity index (χ1) is 3.30. The van der Waals surface area contributed by atoms with Gasteiger partial charge in [-0.05, 0) is 6.42 Å². The van der Waals surface area contributed by atoms with E-state index >= 15 is 0 Å². The number of hydrogen-bond donors (Lipinski definition) is 3. The third-order valence-electron chi connectivity index (χ3n) is 1.16. The average Bonchev–Trinajstić information content (AvgIpc) is 1.91. The van der Waals surface area contributed by atoms with E-state index < -0.39 is 12.3 Å². The maximum atomic E-state index is 8.69. The summed E-state index contributed by atoms with van der Waals surface area (Å²) in [6.45, 7) is 0.725. The molecule has 42 valence electrons. The summed E-state index contributed by atoms with van der Waals surface area (Å²) in [6, 6.07) is 0. The van der Waals surface area contributed by atoms with Crippen LogP contribution in [0, 0.1) is 0 Å². The Morgan fingerprint density at radius 3 is 2.29 bits per heavy atom. The molecule has 2 unspecified atom stereocenters. The number of nitrogens with one attached hydrogen (secondary N) is 1. The Bertz CT molecular complexity index is 58.7. The molecule has 7 heavy (non-hydrogen) atoms. The van der Waals surface area contributed by atoms with Crippen molar-refractivity contribution >= 4 is 0 Å². The van der Waals surface area contributed by atoms with Gasteiger partial charge in [-0.3, -0.25) is 5.32 Å². The van der Waals surface area contributed by atoms with E-state index in [1.54, 1.807) is 0 Å². The molecule has 0 spiro atoms. The summed E-state index contributed by atoms with van der Waals surface area (Å²) in [7, 11) is 0. The number of aliphatic hydroxyl groups excluding tert-OH is 2. The van der Waals surface area contributed by atoms with Crippen LogP contribution in [0.5, 0.6) is 0 Å². The molecule has 0 aromatic heterocycles. The summed E-state index contributed by atoms with van der Waals surface area (Å²) in [5, 5.41) is 20.0. The van der Waals surface area contributed by atoms with Crippen LogP contribution in [-0.2, 0) is 0 Å². The molecule has 1 fully saturated rings. The molecule has 0 saturated carbocycles. The van der Waals surface area contributed by atoms with Crippen LogP contribution in [0.3, 0.4) is 0 Å². The van der Waals surface area contributed by atoms with Gasteiger partial charge < -0.3 is 10.2 Å². The molecule has 1 heterocycles. The van der Waals surface area contributed by atoms with E-state index in [2.05, 4.69) is 5.32 Å². The first kappa shape index (κ1) is 5.03. The van der Waals surface area contributed by atoms with E-state index in [1.165, 1.54) is 0 Å². The fraction of sp³-hybridized carbons (Fsp3) is 1.00. The van der Waals surface area contributed by atoms with Gasteiger partial charge in [-0.25, -0.2) is 0 Å². The van der Waals surface area contributed by atoms with Crippen LogP contribution in [0.1, 0.15) is 6.42 Å². The molecular formula is C4H9NO2. The Labute approximate surface area is 42.0 Å². The van der Waals surface area contributed by atoms with Crippen molar-refractivity contribution in [2.24, 2.45) is 0 Å². The molecule has 1 aliphatic rings. The quantitative estimate of drug-likeness (QED) is 0.355. The second kappa shape index (κ2) is 1.78. The lowest BCUT2D eigenvalue weighted by molar-refractivity contribution is 0.0318. The zero-order valence-corrected chi connectivity index (χ0v) is 3.96. The van der Waals surface area contributed by atoms with Crippen molar-refractivity contribution in [1.82, 2.24) is 5.32 Å². The predicted octanol–water partition coefficient (Wildman–Crippen LogP) is -1.34. The zero-order valence-electron chi connectivity index (χ0n) is 3.96. The normalized spacial score (nSPS) is 42.0. The number of rotatable bonds is 0. The maximum Gasteiger partial charge on any atom is 0.131 e. The number of aliphatic hydroxyl groups is 2. The Morgan fingerprint density at radius 2 is 2.14 bits per heavy atom. The fourth-order valence-electron chi connectivity index (χ4n) is 0.673. The highest BCUT2D eigenvalue weighted by Crippen LogP contribution is 2.01. The minimum Gasteiger partial charge on any atom is -0.389 e. The Hall–Kier alpha value is -0.120. The second-order valence-electron chi connectivity index (χ2n) is 1.75. The Morgan fingerprint density at radius 1 is 1.43 bits per heavy atom. The lowest BCUT2D eigenvalue weighted by Crippen LogP contribution is -2.28. The van der Waals surface area contributed by atoms with Crippen molar-refractivity contribution < 1.29 is 10.2 Å². The summed E-state index contributed by atoms with van der Waals surface area (Å²) in [5.74, 6) is 0. The van der Waals surface area contributed by atoms with Crippen LogP contribution in [0.4, 0.5) is 0 Å². The first-order valence-corrected chi connectivity index (χ1v) is 2.40. The topological polar surface area (TPSA) is 52.5 Å². The fourth-order valence-corrected chi connectivity index (χ4v) is 0.673. The van der Waals surface area contributed by atoms with Gasteiger partial charge in [0.25, 0.3) is 0 Å². The molecule has 0 aromatic carbocycles. The zero-order chi connectivity index (χ0) is 5.28. The first-order valence-electron chi connectivity index (χ1n) is 2.40. The maximum absolute atomic E-state index is 8.69. The van der Waals surface area contributed by atoms with E-state index in [-0.39, 0.29) is 0 Å². The van der Waals surface area contributed by atoms with Gasteiger partial charge in [-0.15, -0.1) is 0 Å². The lowest BCUT2D eigenvalue weighted by atomic mass is 10.3. The molecule has 3 heteroatoms.